The fraction of sp³-hybridized carbons (Fsp3) is 0.308. The number of aliphatic carboxylic acids is 1. The predicted octanol–water partition coefficient (Wildman–Crippen LogP) is 1.81. The number of rotatable bonds is 7. The summed E-state index contributed by atoms with van der Waals surface area (Å²) in [6, 6.07) is 3.86. The van der Waals surface area contributed by atoms with Crippen LogP contribution in [0.25, 0.3) is 0 Å². The van der Waals surface area contributed by atoms with E-state index in [2.05, 4.69) is 5.32 Å². The number of carboxylic acids is 1. The number of benzene rings is 1. The van der Waals surface area contributed by atoms with Crippen molar-refractivity contribution in [1.29, 1.82) is 0 Å². The van der Waals surface area contributed by atoms with E-state index < -0.39 is 43.5 Å². The molecule has 0 radical (unpaired) electrons. The van der Waals surface area contributed by atoms with Crippen LogP contribution in [0.3, 0.4) is 0 Å². The summed E-state index contributed by atoms with van der Waals surface area (Å²) < 4.78 is 40.6. The highest BCUT2D eigenvalue weighted by molar-refractivity contribution is 6.32. The van der Waals surface area contributed by atoms with Gasteiger partial charge >= 0.3 is 12.1 Å². The van der Waals surface area contributed by atoms with Crippen LogP contribution in [0.1, 0.15) is 6.42 Å². The number of carboxylic acid groups (broad SMARTS) is 1. The van der Waals surface area contributed by atoms with E-state index in [1.165, 1.54) is 18.2 Å². The number of halogens is 4. The highest BCUT2D eigenvalue weighted by Gasteiger charge is 2.28. The Morgan fingerprint density at radius 1 is 1.21 bits per heavy atom. The molecule has 7 nitrogen and oxygen atoms in total. The maximum Gasteiger partial charge on any atom is 0.405 e. The molecule has 0 aliphatic heterocycles. The molecule has 0 fully saturated rings. The monoisotopic (exact) mass is 368 g/mol. The number of hydrogen-bond donors (Lipinski definition) is 3. The third kappa shape index (κ3) is 7.68. The molecule has 132 valence electrons. The Labute approximate surface area is 138 Å². The smallest absolute Gasteiger partial charge is 0.405 e. The molecule has 1 aromatic carbocycles. The SMILES string of the molecule is O=C(O)COc1ccc(NC(=O)CC(=O)NCC(F)(F)F)cc1Cl. The van der Waals surface area contributed by atoms with E-state index in [-0.39, 0.29) is 16.5 Å². The molecule has 3 N–H and O–H groups in total. The second-order valence-corrected chi connectivity index (χ2v) is 4.85. The van der Waals surface area contributed by atoms with E-state index in [9.17, 15) is 27.6 Å². The van der Waals surface area contributed by atoms with Crippen molar-refractivity contribution < 1.29 is 37.4 Å². The molecule has 1 rings (SSSR count). The summed E-state index contributed by atoms with van der Waals surface area (Å²) in [5.74, 6) is -3.06. The Bertz CT molecular complexity index is 637. The lowest BCUT2D eigenvalue weighted by Gasteiger charge is -2.10. The lowest BCUT2D eigenvalue weighted by atomic mass is 10.3. The number of alkyl halides is 3. The molecule has 0 aliphatic carbocycles. The minimum Gasteiger partial charge on any atom is -0.480 e. The van der Waals surface area contributed by atoms with Crippen LogP contribution in [0.4, 0.5) is 18.9 Å². The lowest BCUT2D eigenvalue weighted by molar-refractivity contribution is -0.140. The summed E-state index contributed by atoms with van der Waals surface area (Å²) in [7, 11) is 0. The van der Waals surface area contributed by atoms with Gasteiger partial charge in [0.05, 0.1) is 5.02 Å². The van der Waals surface area contributed by atoms with Crippen molar-refractivity contribution in [1.82, 2.24) is 5.32 Å². The molecule has 0 unspecified atom stereocenters. The van der Waals surface area contributed by atoms with Gasteiger partial charge in [0, 0.05) is 5.69 Å². The highest BCUT2D eigenvalue weighted by atomic mass is 35.5. The van der Waals surface area contributed by atoms with Gasteiger partial charge in [-0.05, 0) is 18.2 Å². The first kappa shape index (κ1) is 19.6. The van der Waals surface area contributed by atoms with Crippen molar-refractivity contribution >= 4 is 35.1 Å². The third-order valence-electron chi connectivity index (χ3n) is 2.37. The van der Waals surface area contributed by atoms with Crippen molar-refractivity contribution in [2.24, 2.45) is 0 Å². The minimum atomic E-state index is -4.56. The van der Waals surface area contributed by atoms with Crippen LogP contribution in [-0.4, -0.2) is 42.2 Å². The molecule has 0 bridgehead atoms. The zero-order chi connectivity index (χ0) is 18.3. The van der Waals surface area contributed by atoms with Crippen molar-refractivity contribution in [3.05, 3.63) is 23.2 Å². The molecule has 0 aromatic heterocycles. The van der Waals surface area contributed by atoms with Gasteiger partial charge in [-0.1, -0.05) is 11.6 Å². The van der Waals surface area contributed by atoms with Crippen LogP contribution < -0.4 is 15.4 Å². The first-order valence-corrected chi connectivity index (χ1v) is 6.72. The second-order valence-electron chi connectivity index (χ2n) is 4.44. The van der Waals surface area contributed by atoms with Crippen LogP contribution in [0.15, 0.2) is 18.2 Å². The molecule has 1 aromatic rings. The normalized spacial score (nSPS) is 10.8. The van der Waals surface area contributed by atoms with Gasteiger partial charge in [0.1, 0.15) is 18.7 Å². The molecular weight excluding hydrogens is 357 g/mol. The summed E-state index contributed by atoms with van der Waals surface area (Å²) in [6.07, 6.45) is -5.36. The van der Waals surface area contributed by atoms with Gasteiger partial charge in [0.2, 0.25) is 11.8 Å². The first-order valence-electron chi connectivity index (χ1n) is 6.34. The van der Waals surface area contributed by atoms with E-state index in [1.807, 2.05) is 0 Å². The first-order chi connectivity index (χ1) is 11.1. The van der Waals surface area contributed by atoms with Crippen molar-refractivity contribution in [2.75, 3.05) is 18.5 Å². The highest BCUT2D eigenvalue weighted by Crippen LogP contribution is 2.27. The van der Waals surface area contributed by atoms with Crippen LogP contribution in [0.2, 0.25) is 5.02 Å². The maximum absolute atomic E-state index is 11.9. The van der Waals surface area contributed by atoms with Gasteiger partial charge in [-0.25, -0.2) is 4.79 Å². The van der Waals surface area contributed by atoms with E-state index in [4.69, 9.17) is 21.4 Å². The molecule has 2 amide bonds. The summed E-state index contributed by atoms with van der Waals surface area (Å²) in [6.45, 7) is -2.13. The second kappa shape index (κ2) is 8.39. The van der Waals surface area contributed by atoms with Crippen molar-refractivity contribution in [3.63, 3.8) is 0 Å². The standard InChI is InChI=1S/C13H12ClF3N2O5/c14-8-3-7(1-2-9(8)24-5-12(22)23)19-11(21)4-10(20)18-6-13(15,16)17/h1-3H,4-6H2,(H,18,20)(H,19,21)(H,22,23). The number of nitrogens with one attached hydrogen (secondary N) is 2. The van der Waals surface area contributed by atoms with Gasteiger partial charge in [0.25, 0.3) is 0 Å². The van der Waals surface area contributed by atoms with Gasteiger partial charge < -0.3 is 20.5 Å². The zero-order valence-electron chi connectivity index (χ0n) is 11.9. The van der Waals surface area contributed by atoms with Gasteiger partial charge in [-0.3, -0.25) is 9.59 Å². The Kier molecular flexibility index (Phi) is 6.83. The van der Waals surface area contributed by atoms with E-state index in [0.717, 1.165) is 0 Å². The van der Waals surface area contributed by atoms with Crippen LogP contribution in [0.5, 0.6) is 5.75 Å². The predicted molar refractivity (Wildman–Crippen MR) is 76.9 cm³/mol. The number of carbonyl (C=O) groups excluding carboxylic acids is 2. The minimum absolute atomic E-state index is 0.00979. The van der Waals surface area contributed by atoms with E-state index in [0.29, 0.717) is 0 Å². The summed E-state index contributed by atoms with van der Waals surface area (Å²) >= 11 is 5.83. The maximum atomic E-state index is 11.9. The number of hydrogen-bond acceptors (Lipinski definition) is 4. The largest absolute Gasteiger partial charge is 0.480 e. The molecule has 24 heavy (non-hydrogen) atoms. The van der Waals surface area contributed by atoms with Crippen LogP contribution in [0, 0.1) is 0 Å². The Balaban J connectivity index is 2.53. The molecule has 11 heteroatoms. The molecule has 0 aliphatic rings. The average Bonchev–Trinajstić information content (AvgIpc) is 2.43. The molecule has 0 saturated heterocycles. The van der Waals surface area contributed by atoms with Gasteiger partial charge in [-0.2, -0.15) is 13.2 Å². The topological polar surface area (TPSA) is 105 Å². The number of amides is 2. The van der Waals surface area contributed by atoms with E-state index in [1.54, 1.807) is 5.32 Å². The Morgan fingerprint density at radius 2 is 1.88 bits per heavy atom. The van der Waals surface area contributed by atoms with Gasteiger partial charge in [-0.15, -0.1) is 0 Å². The van der Waals surface area contributed by atoms with Crippen LogP contribution in [-0.2, 0) is 14.4 Å². The Hall–Kier alpha value is -2.49. The number of anilines is 1. The summed E-state index contributed by atoms with van der Waals surface area (Å²) in [5.41, 5.74) is 0.163. The van der Waals surface area contributed by atoms with Gasteiger partial charge in [0.15, 0.2) is 6.61 Å². The van der Waals surface area contributed by atoms with Crippen molar-refractivity contribution in [2.45, 2.75) is 12.6 Å². The molecular formula is C13H12ClF3N2O5. The number of ether oxygens (including phenoxy) is 1. The number of carbonyl (C=O) groups is 3. The molecule has 0 atom stereocenters. The molecule has 0 saturated carbocycles. The third-order valence-corrected chi connectivity index (χ3v) is 2.67. The molecule has 0 heterocycles. The van der Waals surface area contributed by atoms with E-state index >= 15 is 0 Å². The lowest BCUT2D eigenvalue weighted by Crippen LogP contribution is -2.35. The quantitative estimate of drug-likeness (QED) is 0.637. The van der Waals surface area contributed by atoms with Crippen LogP contribution >= 0.6 is 11.6 Å². The fourth-order valence-electron chi connectivity index (χ4n) is 1.45. The summed E-state index contributed by atoms with van der Waals surface area (Å²) in [5, 5.41) is 12.3. The molecule has 0 spiro atoms. The van der Waals surface area contributed by atoms with Crippen molar-refractivity contribution in [3.8, 4) is 5.75 Å². The average molecular weight is 369 g/mol. The summed E-state index contributed by atoms with van der Waals surface area (Å²) in [4.78, 5) is 33.1. The fourth-order valence-corrected chi connectivity index (χ4v) is 1.68. The Morgan fingerprint density at radius 3 is 2.42 bits per heavy atom. The zero-order valence-corrected chi connectivity index (χ0v) is 12.7.